The number of hydrogen-bond acceptors (Lipinski definition) is 10. The zero-order chi connectivity index (χ0) is 29.8. The fraction of sp³-hybridized carbons (Fsp3) is 0.846. The minimum absolute atomic E-state index is 0. The normalized spacial score (nSPS) is 20.7. The SMILES string of the molecule is CC(=O)OCC1OC([S-])C(OC(C)=O)C(OC(C)=O)C1OC(C)=O.CCP(CC)CC.CCP(CC)CC.[Au+].[Au+].[Cl-]. The Morgan fingerprint density at radius 3 is 1.20 bits per heavy atom. The van der Waals surface area contributed by atoms with E-state index in [1.165, 1.54) is 43.9 Å². The van der Waals surface area contributed by atoms with Crippen LogP contribution in [-0.2, 0) is 100 Å². The summed E-state index contributed by atoms with van der Waals surface area (Å²) < 4.78 is 25.7. The van der Waals surface area contributed by atoms with Crippen LogP contribution in [0.25, 0.3) is 0 Å². The summed E-state index contributed by atoms with van der Waals surface area (Å²) in [5, 5.41) is 0. The first kappa shape index (κ1) is 51.4. The second-order valence-electron chi connectivity index (χ2n) is 8.31. The molecule has 41 heavy (non-hydrogen) atoms. The summed E-state index contributed by atoms with van der Waals surface area (Å²) in [5.41, 5.74) is -1.09. The van der Waals surface area contributed by atoms with Crippen LogP contribution in [0.3, 0.4) is 0 Å². The van der Waals surface area contributed by atoms with Crippen LogP contribution in [0.2, 0.25) is 0 Å². The van der Waals surface area contributed by atoms with Crippen molar-refractivity contribution in [3.05, 3.63) is 0 Å². The average molecular weight is 1030 g/mol. The van der Waals surface area contributed by atoms with E-state index in [-0.39, 0.29) is 63.8 Å². The van der Waals surface area contributed by atoms with E-state index in [0.717, 1.165) is 20.8 Å². The van der Waals surface area contributed by atoms with Crippen molar-refractivity contribution in [2.24, 2.45) is 0 Å². The number of hydrogen-bond donors (Lipinski definition) is 0. The predicted molar refractivity (Wildman–Crippen MR) is 156 cm³/mol. The maximum atomic E-state index is 11.4. The van der Waals surface area contributed by atoms with E-state index in [4.69, 9.17) is 36.3 Å². The first-order valence-corrected chi connectivity index (χ1v) is 17.5. The van der Waals surface area contributed by atoms with Crippen LogP contribution in [0.15, 0.2) is 0 Å². The maximum Gasteiger partial charge on any atom is 1.00 e. The molecule has 1 aliphatic heterocycles. The van der Waals surface area contributed by atoms with Crippen LogP contribution in [0.1, 0.15) is 69.2 Å². The summed E-state index contributed by atoms with van der Waals surface area (Å²) in [6, 6.07) is 0. The second-order valence-corrected chi connectivity index (χ2v) is 15.2. The number of esters is 4. The van der Waals surface area contributed by atoms with E-state index < -0.39 is 53.7 Å². The van der Waals surface area contributed by atoms with Gasteiger partial charge in [0.2, 0.25) is 0 Å². The number of ether oxygens (including phenoxy) is 5. The summed E-state index contributed by atoms with van der Waals surface area (Å²) >= 11 is 5.11. The molecule has 1 aliphatic rings. The molecule has 0 aromatic rings. The standard InChI is InChI=1S/C14H20O9S.2C6H15P.2Au.ClH/c1-6(15)19-5-10-11(20-7(2)16)12(21-8(3)17)13(14(24)23-10)22-9(4)18;2*1-4-7(5-2)6-3;;;/h10-14,24H,5H2,1-4H3;2*4-6H2,1-3H3;;;1H/q;;;2*+1;/p-2. The Bertz CT molecular complexity index is 683. The Labute approximate surface area is 293 Å². The number of carbonyl (C=O) groups excluding carboxylic acids is 4. The maximum absolute atomic E-state index is 11.4. The molecule has 1 saturated heterocycles. The van der Waals surface area contributed by atoms with E-state index in [1.807, 2.05) is 0 Å². The summed E-state index contributed by atoms with van der Waals surface area (Å²) in [6.45, 7) is 18.1. The van der Waals surface area contributed by atoms with Gasteiger partial charge < -0.3 is 48.7 Å². The molecule has 15 heteroatoms. The van der Waals surface area contributed by atoms with Gasteiger partial charge in [-0.1, -0.05) is 41.5 Å². The third kappa shape index (κ3) is 24.8. The average Bonchev–Trinajstić information content (AvgIpc) is 2.84. The van der Waals surface area contributed by atoms with Crippen molar-refractivity contribution >= 4 is 52.3 Å². The monoisotopic (exact) mass is 1030 g/mol. The second kappa shape index (κ2) is 30.8. The van der Waals surface area contributed by atoms with Crippen LogP contribution in [0.4, 0.5) is 0 Å². The van der Waals surface area contributed by atoms with Crippen LogP contribution in [-0.4, -0.2) is 97.3 Å². The van der Waals surface area contributed by atoms with Crippen LogP contribution < -0.4 is 12.4 Å². The van der Waals surface area contributed by atoms with Gasteiger partial charge >= 0.3 is 68.6 Å². The molecule has 0 N–H and O–H groups in total. The molecule has 5 unspecified atom stereocenters. The summed E-state index contributed by atoms with van der Waals surface area (Å²) in [6.07, 6.45) is 4.04. The first-order valence-electron chi connectivity index (χ1n) is 13.2. The molecule has 252 valence electrons. The van der Waals surface area contributed by atoms with Gasteiger partial charge in [-0.25, -0.2) is 0 Å². The Hall–Kier alpha value is 0.821. The molecular formula is C26H49Au2ClO9P2S. The van der Waals surface area contributed by atoms with Gasteiger partial charge in [-0.2, -0.15) is 0 Å². The zero-order valence-corrected chi connectivity index (χ0v) is 33.5. The molecule has 1 heterocycles. The van der Waals surface area contributed by atoms with Gasteiger partial charge in [0, 0.05) is 27.7 Å². The van der Waals surface area contributed by atoms with Gasteiger partial charge in [-0.05, 0) is 42.4 Å². The molecule has 0 bridgehead atoms. The molecule has 0 aliphatic carbocycles. The fourth-order valence-corrected chi connectivity index (χ4v) is 6.57. The molecule has 0 saturated carbocycles. The molecule has 9 nitrogen and oxygen atoms in total. The number of rotatable bonds is 11. The van der Waals surface area contributed by atoms with Gasteiger partial charge in [0.05, 0.1) is 0 Å². The van der Waals surface area contributed by atoms with E-state index in [0.29, 0.717) is 15.8 Å². The molecule has 0 radical (unpaired) electrons. The zero-order valence-electron chi connectivity index (χ0n) is 25.8. The minimum Gasteiger partial charge on any atom is -1.00 e. The quantitative estimate of drug-likeness (QED) is 0.0998. The van der Waals surface area contributed by atoms with Crippen molar-refractivity contribution in [3.8, 4) is 0 Å². The molecule has 0 amide bonds. The summed E-state index contributed by atoms with van der Waals surface area (Å²) in [7, 11) is 0.892. The van der Waals surface area contributed by atoms with Gasteiger partial charge in [0.25, 0.3) is 0 Å². The van der Waals surface area contributed by atoms with Gasteiger partial charge in [-0.15, -0.1) is 15.8 Å². The number of halogens is 1. The molecule has 1 fully saturated rings. The van der Waals surface area contributed by atoms with Crippen LogP contribution in [0, 0.1) is 0 Å². The Balaban J connectivity index is -0.000000212. The predicted octanol–water partition coefficient (Wildman–Crippen LogP) is 1.67. The van der Waals surface area contributed by atoms with E-state index in [2.05, 4.69) is 41.5 Å². The Kier molecular flexibility index (Phi) is 38.7. The summed E-state index contributed by atoms with van der Waals surface area (Å²) in [4.78, 5) is 45.0. The third-order valence-electron chi connectivity index (χ3n) is 5.63. The first-order chi connectivity index (χ1) is 17.8. The third-order valence-corrected chi connectivity index (χ3v) is 11.4. The van der Waals surface area contributed by atoms with Crippen molar-refractivity contribution in [2.45, 2.75) is 99.1 Å². The van der Waals surface area contributed by atoms with Crippen molar-refractivity contribution in [1.82, 2.24) is 0 Å². The molecule has 0 spiro atoms. The van der Waals surface area contributed by atoms with Crippen molar-refractivity contribution in [2.75, 3.05) is 43.6 Å². The van der Waals surface area contributed by atoms with Crippen LogP contribution >= 0.6 is 15.8 Å². The van der Waals surface area contributed by atoms with E-state index in [9.17, 15) is 19.2 Å². The van der Waals surface area contributed by atoms with Crippen molar-refractivity contribution in [3.63, 3.8) is 0 Å². The van der Waals surface area contributed by atoms with E-state index >= 15 is 0 Å². The van der Waals surface area contributed by atoms with Gasteiger partial charge in [0.1, 0.15) is 18.8 Å². The number of carbonyl (C=O) groups is 4. The molecule has 1 rings (SSSR count). The summed E-state index contributed by atoms with van der Waals surface area (Å²) in [5.74, 6) is -2.62. The largest absolute Gasteiger partial charge is 1.00 e. The molecule has 0 aromatic carbocycles. The smallest absolute Gasteiger partial charge is 1.00 e. The van der Waals surface area contributed by atoms with Crippen molar-refractivity contribution in [1.29, 1.82) is 0 Å². The van der Waals surface area contributed by atoms with E-state index in [1.54, 1.807) is 0 Å². The fourth-order valence-electron chi connectivity index (χ4n) is 3.53. The minimum atomic E-state index is -1.19. The Morgan fingerprint density at radius 1 is 0.610 bits per heavy atom. The van der Waals surface area contributed by atoms with Crippen LogP contribution in [0.5, 0.6) is 0 Å². The molecular weight excluding hydrogens is 980 g/mol. The molecule has 5 atom stereocenters. The van der Waals surface area contributed by atoms with Crippen molar-refractivity contribution < 1.29 is 100 Å². The van der Waals surface area contributed by atoms with Gasteiger partial charge in [0.15, 0.2) is 12.2 Å². The topological polar surface area (TPSA) is 114 Å². The van der Waals surface area contributed by atoms with Gasteiger partial charge in [-0.3, -0.25) is 19.2 Å². The molecule has 0 aromatic heterocycles. The Morgan fingerprint density at radius 2 is 0.927 bits per heavy atom.